The van der Waals surface area contributed by atoms with Crippen molar-refractivity contribution in [3.63, 3.8) is 0 Å². The topological polar surface area (TPSA) is 59.1 Å². The summed E-state index contributed by atoms with van der Waals surface area (Å²) in [4.78, 5) is 27.0. The number of thiazole rings is 1. The molecule has 0 aliphatic heterocycles. The number of aromatic nitrogens is 1. The predicted molar refractivity (Wildman–Crippen MR) is 74.0 cm³/mol. The van der Waals surface area contributed by atoms with Gasteiger partial charge >= 0.3 is 0 Å². The highest BCUT2D eigenvalue weighted by Crippen LogP contribution is 2.28. The Morgan fingerprint density at radius 3 is 2.50 bits per heavy atom. The van der Waals surface area contributed by atoms with Crippen LogP contribution in [-0.4, -0.2) is 16.7 Å². The molecular weight excluding hydrogens is 248 g/mol. The van der Waals surface area contributed by atoms with Crippen LogP contribution in [0.3, 0.4) is 0 Å². The molecule has 5 heteroatoms. The Morgan fingerprint density at radius 1 is 1.44 bits per heavy atom. The Balaban J connectivity index is 2.57. The molecule has 0 spiro atoms. The molecule has 0 saturated carbocycles. The first-order valence-electron chi connectivity index (χ1n) is 5.96. The Morgan fingerprint density at radius 2 is 2.06 bits per heavy atom. The van der Waals surface area contributed by atoms with Crippen molar-refractivity contribution >= 4 is 28.2 Å². The van der Waals surface area contributed by atoms with Crippen molar-refractivity contribution in [2.75, 3.05) is 5.32 Å². The van der Waals surface area contributed by atoms with Crippen molar-refractivity contribution in [1.82, 2.24) is 4.98 Å². The lowest BCUT2D eigenvalue weighted by atomic mass is 9.80. The minimum atomic E-state index is -0.0881. The molecule has 4 nitrogen and oxygen atoms in total. The molecular formula is C13H20N2O2S. The number of anilines is 1. The molecule has 18 heavy (non-hydrogen) atoms. The van der Waals surface area contributed by atoms with Crippen LogP contribution in [-0.2, 0) is 4.79 Å². The van der Waals surface area contributed by atoms with Gasteiger partial charge in [-0.2, -0.15) is 0 Å². The Kier molecular flexibility index (Phi) is 4.62. The summed E-state index contributed by atoms with van der Waals surface area (Å²) in [6.45, 7) is 9.86. The van der Waals surface area contributed by atoms with Crippen LogP contribution in [0.2, 0.25) is 0 Å². The molecule has 0 aliphatic rings. The highest BCUT2D eigenvalue weighted by molar-refractivity contribution is 7.14. The highest BCUT2D eigenvalue weighted by atomic mass is 32.1. The van der Waals surface area contributed by atoms with Gasteiger partial charge in [-0.15, -0.1) is 11.3 Å². The summed E-state index contributed by atoms with van der Waals surface area (Å²) in [6.07, 6.45) is 0.457. The number of hydrogen-bond acceptors (Lipinski definition) is 4. The third kappa shape index (κ3) is 4.22. The molecule has 0 aliphatic carbocycles. The monoisotopic (exact) mass is 268 g/mol. The lowest BCUT2D eigenvalue weighted by molar-refractivity contribution is -0.117. The SMILES string of the molecule is CC(=O)c1csc(NC(=O)CC(C)C(C)(C)C)n1. The van der Waals surface area contributed by atoms with Crippen molar-refractivity contribution in [2.24, 2.45) is 11.3 Å². The number of nitrogens with zero attached hydrogens (tertiary/aromatic N) is 1. The molecule has 1 N–H and O–H groups in total. The second kappa shape index (κ2) is 5.61. The van der Waals surface area contributed by atoms with E-state index in [9.17, 15) is 9.59 Å². The van der Waals surface area contributed by atoms with Crippen molar-refractivity contribution in [1.29, 1.82) is 0 Å². The number of Topliss-reactive ketones (excluding diaryl/α,β-unsaturated/α-hetero) is 1. The standard InChI is InChI=1S/C13H20N2O2S/c1-8(13(3,4)5)6-11(17)15-12-14-10(7-18-12)9(2)16/h7-8H,6H2,1-5H3,(H,14,15,17). The molecule has 100 valence electrons. The van der Waals surface area contributed by atoms with Gasteiger partial charge in [0.15, 0.2) is 10.9 Å². The van der Waals surface area contributed by atoms with Crippen LogP contribution in [0.5, 0.6) is 0 Å². The number of nitrogens with one attached hydrogen (secondary N) is 1. The molecule has 1 aromatic heterocycles. The molecule has 1 rings (SSSR count). The average Bonchev–Trinajstić information content (AvgIpc) is 2.64. The molecule has 1 atom stereocenters. The van der Waals surface area contributed by atoms with E-state index >= 15 is 0 Å². The minimum Gasteiger partial charge on any atom is -0.302 e. The summed E-state index contributed by atoms with van der Waals surface area (Å²) >= 11 is 1.28. The van der Waals surface area contributed by atoms with Crippen LogP contribution >= 0.6 is 11.3 Å². The Labute approximate surface area is 112 Å². The molecule has 0 fully saturated rings. The van der Waals surface area contributed by atoms with E-state index in [4.69, 9.17) is 0 Å². The third-order valence-corrected chi connectivity index (χ3v) is 3.84. The molecule has 0 aromatic carbocycles. The first kappa shape index (κ1) is 14.8. The van der Waals surface area contributed by atoms with Crippen molar-refractivity contribution < 1.29 is 9.59 Å². The Hall–Kier alpha value is -1.23. The summed E-state index contributed by atoms with van der Waals surface area (Å²) in [5, 5.41) is 4.89. The third-order valence-electron chi connectivity index (χ3n) is 3.08. The summed E-state index contributed by atoms with van der Waals surface area (Å²) < 4.78 is 0. The van der Waals surface area contributed by atoms with Gasteiger partial charge in [0.05, 0.1) is 0 Å². The lowest BCUT2D eigenvalue weighted by Crippen LogP contribution is -2.23. The van der Waals surface area contributed by atoms with Crippen LogP contribution in [0.25, 0.3) is 0 Å². The molecule has 0 saturated heterocycles. The van der Waals surface area contributed by atoms with E-state index < -0.39 is 0 Å². The molecule has 1 unspecified atom stereocenters. The molecule has 1 amide bonds. The fraction of sp³-hybridized carbons (Fsp3) is 0.615. The quantitative estimate of drug-likeness (QED) is 0.852. The van der Waals surface area contributed by atoms with Gasteiger partial charge in [0, 0.05) is 18.7 Å². The predicted octanol–water partition coefficient (Wildman–Crippen LogP) is 3.36. The first-order chi connectivity index (χ1) is 8.20. The minimum absolute atomic E-state index is 0.0538. The van der Waals surface area contributed by atoms with Crippen LogP contribution in [0.4, 0.5) is 5.13 Å². The van der Waals surface area contributed by atoms with Gasteiger partial charge in [-0.3, -0.25) is 9.59 Å². The second-order valence-corrected chi connectivity index (χ2v) is 6.47. The maximum Gasteiger partial charge on any atom is 0.226 e. The zero-order chi connectivity index (χ0) is 13.9. The van der Waals surface area contributed by atoms with Gasteiger partial charge in [-0.05, 0) is 11.3 Å². The first-order valence-corrected chi connectivity index (χ1v) is 6.84. The van der Waals surface area contributed by atoms with E-state index in [-0.39, 0.29) is 23.0 Å². The van der Waals surface area contributed by atoms with Crippen LogP contribution in [0.15, 0.2) is 5.38 Å². The molecule has 0 bridgehead atoms. The van der Waals surface area contributed by atoms with E-state index in [1.165, 1.54) is 18.3 Å². The maximum atomic E-state index is 11.8. The van der Waals surface area contributed by atoms with Gasteiger partial charge in [0.2, 0.25) is 5.91 Å². The summed E-state index contributed by atoms with van der Waals surface area (Å²) in [6, 6.07) is 0. The van der Waals surface area contributed by atoms with E-state index in [0.29, 0.717) is 17.2 Å². The Bertz CT molecular complexity index is 446. The number of amides is 1. The fourth-order valence-electron chi connectivity index (χ4n) is 1.25. The van der Waals surface area contributed by atoms with Crippen LogP contribution in [0, 0.1) is 11.3 Å². The summed E-state index contributed by atoms with van der Waals surface area (Å²) in [7, 11) is 0. The van der Waals surface area contributed by atoms with E-state index in [2.05, 4.69) is 38.0 Å². The van der Waals surface area contributed by atoms with Crippen molar-refractivity contribution in [3.8, 4) is 0 Å². The van der Waals surface area contributed by atoms with E-state index in [1.807, 2.05) is 0 Å². The molecule has 0 radical (unpaired) electrons. The maximum absolute atomic E-state index is 11.8. The van der Waals surface area contributed by atoms with Gasteiger partial charge in [-0.1, -0.05) is 27.7 Å². The smallest absolute Gasteiger partial charge is 0.226 e. The zero-order valence-electron chi connectivity index (χ0n) is 11.5. The molecule has 1 heterocycles. The number of rotatable bonds is 4. The average molecular weight is 268 g/mol. The van der Waals surface area contributed by atoms with Gasteiger partial charge < -0.3 is 5.32 Å². The van der Waals surface area contributed by atoms with Gasteiger partial charge in [0.25, 0.3) is 0 Å². The van der Waals surface area contributed by atoms with Crippen LogP contribution in [0.1, 0.15) is 51.5 Å². The van der Waals surface area contributed by atoms with Crippen LogP contribution < -0.4 is 5.32 Å². The van der Waals surface area contributed by atoms with Crippen molar-refractivity contribution in [2.45, 2.75) is 41.0 Å². The molecule has 1 aromatic rings. The highest BCUT2D eigenvalue weighted by Gasteiger charge is 2.23. The number of carbonyl (C=O) groups is 2. The lowest BCUT2D eigenvalue weighted by Gasteiger charge is -2.26. The number of ketones is 1. The number of hydrogen-bond donors (Lipinski definition) is 1. The van der Waals surface area contributed by atoms with E-state index in [1.54, 1.807) is 5.38 Å². The normalized spacial score (nSPS) is 13.2. The largest absolute Gasteiger partial charge is 0.302 e. The summed E-state index contributed by atoms with van der Waals surface area (Å²) in [5.74, 6) is 0.140. The fourth-order valence-corrected chi connectivity index (χ4v) is 2.01. The van der Waals surface area contributed by atoms with Crippen molar-refractivity contribution in [3.05, 3.63) is 11.1 Å². The van der Waals surface area contributed by atoms with Gasteiger partial charge in [-0.25, -0.2) is 4.98 Å². The second-order valence-electron chi connectivity index (χ2n) is 5.61. The van der Waals surface area contributed by atoms with Gasteiger partial charge in [0.1, 0.15) is 5.69 Å². The summed E-state index contributed by atoms with van der Waals surface area (Å²) in [5.41, 5.74) is 0.504. The number of carbonyl (C=O) groups excluding carboxylic acids is 2. The zero-order valence-corrected chi connectivity index (χ0v) is 12.4. The van der Waals surface area contributed by atoms with E-state index in [0.717, 1.165) is 0 Å².